The van der Waals surface area contributed by atoms with E-state index in [2.05, 4.69) is 15.5 Å². The van der Waals surface area contributed by atoms with Crippen LogP contribution in [0, 0.1) is 0 Å². The number of aromatic carboxylic acids is 1. The number of ether oxygens (including phenoxy) is 1. The van der Waals surface area contributed by atoms with Gasteiger partial charge in [0.1, 0.15) is 11.5 Å². The van der Waals surface area contributed by atoms with E-state index in [0.29, 0.717) is 30.2 Å². The summed E-state index contributed by atoms with van der Waals surface area (Å²) in [6.07, 6.45) is 3.65. The van der Waals surface area contributed by atoms with Crippen molar-refractivity contribution in [3.8, 4) is 17.2 Å². The number of nitrogens with one attached hydrogen (secondary N) is 2. The van der Waals surface area contributed by atoms with Gasteiger partial charge in [-0.1, -0.05) is 24.3 Å². The number of nitrogens with zero attached hydrogens (tertiary/aromatic N) is 2. The summed E-state index contributed by atoms with van der Waals surface area (Å²) in [6.45, 7) is 1.16. The summed E-state index contributed by atoms with van der Waals surface area (Å²) in [6, 6.07) is 25.2. The molecule has 1 aromatic heterocycles. The van der Waals surface area contributed by atoms with Crippen LogP contribution in [0.4, 0.5) is 16.2 Å². The van der Waals surface area contributed by atoms with Gasteiger partial charge in [0.15, 0.2) is 0 Å². The molecule has 0 unspecified atom stereocenters. The predicted molar refractivity (Wildman–Crippen MR) is 134 cm³/mol. The van der Waals surface area contributed by atoms with Crippen molar-refractivity contribution >= 4 is 23.4 Å². The van der Waals surface area contributed by atoms with Crippen molar-refractivity contribution in [2.45, 2.75) is 6.04 Å². The van der Waals surface area contributed by atoms with Gasteiger partial charge in [-0.2, -0.15) is 0 Å². The average Bonchev–Trinajstić information content (AvgIpc) is 3.37. The van der Waals surface area contributed by atoms with Gasteiger partial charge in [0, 0.05) is 31.2 Å². The first-order valence-corrected chi connectivity index (χ1v) is 11.2. The molecule has 2 amide bonds. The van der Waals surface area contributed by atoms with E-state index in [1.165, 1.54) is 0 Å². The third-order valence-corrected chi connectivity index (χ3v) is 5.76. The van der Waals surface area contributed by atoms with Crippen molar-refractivity contribution in [2.75, 3.05) is 23.3 Å². The Bertz CT molecular complexity index is 1320. The number of para-hydroxylation sites is 2. The lowest BCUT2D eigenvalue weighted by Gasteiger charge is -2.42. The summed E-state index contributed by atoms with van der Waals surface area (Å²) in [5, 5.41) is 15.5. The Morgan fingerprint density at radius 2 is 1.51 bits per heavy atom. The second-order valence-corrected chi connectivity index (χ2v) is 8.21. The number of hydrogen-bond donors (Lipinski definition) is 3. The zero-order valence-corrected chi connectivity index (χ0v) is 18.8. The van der Waals surface area contributed by atoms with Crippen LogP contribution in [0.25, 0.3) is 5.69 Å². The van der Waals surface area contributed by atoms with Crippen molar-refractivity contribution in [1.29, 1.82) is 0 Å². The van der Waals surface area contributed by atoms with Gasteiger partial charge in [-0.25, -0.2) is 9.59 Å². The van der Waals surface area contributed by atoms with Crippen LogP contribution in [0.5, 0.6) is 11.5 Å². The highest BCUT2D eigenvalue weighted by Gasteiger charge is 2.31. The molecule has 2 heterocycles. The number of amides is 2. The molecule has 0 radical (unpaired) electrons. The molecule has 1 aliphatic heterocycles. The van der Waals surface area contributed by atoms with Crippen LogP contribution in [0.1, 0.15) is 10.4 Å². The summed E-state index contributed by atoms with van der Waals surface area (Å²) >= 11 is 0. The third kappa shape index (κ3) is 4.96. The highest BCUT2D eigenvalue weighted by Crippen LogP contribution is 2.31. The molecule has 5 rings (SSSR count). The molecule has 1 aliphatic rings. The molecular formula is C27H24N4O4. The number of hydrogen-bond acceptors (Lipinski definition) is 4. The van der Waals surface area contributed by atoms with Crippen molar-refractivity contribution in [3.63, 3.8) is 0 Å². The van der Waals surface area contributed by atoms with E-state index in [1.807, 2.05) is 60.9 Å². The first-order chi connectivity index (χ1) is 17.1. The SMILES string of the molecule is O=C(Nc1ccc(Oc2ccccc2)cc1)NC1CN(c2cccc(C(=O)O)c2-n2cccc2)C1. The zero-order valence-electron chi connectivity index (χ0n) is 18.8. The minimum atomic E-state index is -0.981. The van der Waals surface area contributed by atoms with E-state index in [-0.39, 0.29) is 17.6 Å². The summed E-state index contributed by atoms with van der Waals surface area (Å²) in [5.74, 6) is 0.443. The monoisotopic (exact) mass is 468 g/mol. The van der Waals surface area contributed by atoms with E-state index in [1.54, 1.807) is 41.0 Å². The normalized spacial score (nSPS) is 13.1. The van der Waals surface area contributed by atoms with Crippen molar-refractivity contribution < 1.29 is 19.4 Å². The number of anilines is 2. The van der Waals surface area contributed by atoms with E-state index in [9.17, 15) is 14.7 Å². The molecule has 3 N–H and O–H groups in total. The van der Waals surface area contributed by atoms with Gasteiger partial charge in [0.25, 0.3) is 0 Å². The fourth-order valence-electron chi connectivity index (χ4n) is 4.06. The van der Waals surface area contributed by atoms with Gasteiger partial charge in [-0.15, -0.1) is 0 Å². The second-order valence-electron chi connectivity index (χ2n) is 8.21. The van der Waals surface area contributed by atoms with E-state index >= 15 is 0 Å². The Kier molecular flexibility index (Phi) is 6.09. The van der Waals surface area contributed by atoms with Crippen LogP contribution in [-0.2, 0) is 0 Å². The largest absolute Gasteiger partial charge is 0.478 e. The van der Waals surface area contributed by atoms with Gasteiger partial charge in [0.2, 0.25) is 0 Å². The molecular weight excluding hydrogens is 444 g/mol. The molecule has 35 heavy (non-hydrogen) atoms. The molecule has 0 bridgehead atoms. The molecule has 0 aliphatic carbocycles. The summed E-state index contributed by atoms with van der Waals surface area (Å²) in [4.78, 5) is 26.3. The van der Waals surface area contributed by atoms with Gasteiger partial charge in [-0.3, -0.25) is 0 Å². The zero-order chi connectivity index (χ0) is 24.2. The standard InChI is InChI=1S/C27H24N4O4/c32-26(33)23-9-6-10-24(25(23)30-15-4-5-16-30)31-17-20(18-31)29-27(34)28-19-11-13-22(14-12-19)35-21-7-2-1-3-8-21/h1-16,20H,17-18H2,(H,32,33)(H2,28,29,34). The minimum absolute atomic E-state index is 0.0540. The Balaban J connectivity index is 1.18. The average molecular weight is 469 g/mol. The number of carboxylic acid groups (broad SMARTS) is 1. The molecule has 8 nitrogen and oxygen atoms in total. The highest BCUT2D eigenvalue weighted by molar-refractivity contribution is 5.95. The maximum atomic E-state index is 12.5. The summed E-state index contributed by atoms with van der Waals surface area (Å²) in [5.41, 5.74) is 2.31. The Morgan fingerprint density at radius 3 is 2.20 bits per heavy atom. The van der Waals surface area contributed by atoms with Crippen LogP contribution in [0.3, 0.4) is 0 Å². The number of aromatic nitrogens is 1. The number of rotatable bonds is 7. The molecule has 4 aromatic rings. The number of urea groups is 1. The first-order valence-electron chi connectivity index (χ1n) is 11.2. The smallest absolute Gasteiger partial charge is 0.337 e. The van der Waals surface area contributed by atoms with Crippen LogP contribution in [0.15, 0.2) is 97.3 Å². The van der Waals surface area contributed by atoms with Crippen LogP contribution < -0.4 is 20.3 Å². The topological polar surface area (TPSA) is 95.8 Å². The fraction of sp³-hybridized carbons (Fsp3) is 0.111. The van der Waals surface area contributed by atoms with Crippen molar-refractivity contribution in [2.24, 2.45) is 0 Å². The van der Waals surface area contributed by atoms with Gasteiger partial charge in [-0.05, 0) is 60.7 Å². The van der Waals surface area contributed by atoms with Gasteiger partial charge >= 0.3 is 12.0 Å². The predicted octanol–water partition coefficient (Wildman–Crippen LogP) is 4.98. The molecule has 0 atom stereocenters. The quantitative estimate of drug-likeness (QED) is 0.356. The van der Waals surface area contributed by atoms with Gasteiger partial charge < -0.3 is 29.9 Å². The van der Waals surface area contributed by atoms with E-state index in [0.717, 1.165) is 11.4 Å². The Morgan fingerprint density at radius 1 is 0.829 bits per heavy atom. The summed E-state index contributed by atoms with van der Waals surface area (Å²) < 4.78 is 7.57. The third-order valence-electron chi connectivity index (χ3n) is 5.76. The van der Waals surface area contributed by atoms with Crippen LogP contribution in [0.2, 0.25) is 0 Å². The van der Waals surface area contributed by atoms with Crippen LogP contribution >= 0.6 is 0 Å². The number of benzene rings is 3. The minimum Gasteiger partial charge on any atom is -0.478 e. The molecule has 0 spiro atoms. The highest BCUT2D eigenvalue weighted by atomic mass is 16.5. The van der Waals surface area contributed by atoms with E-state index in [4.69, 9.17) is 4.74 Å². The lowest BCUT2D eigenvalue weighted by molar-refractivity contribution is 0.0697. The number of carboxylic acids is 1. The lowest BCUT2D eigenvalue weighted by atomic mass is 10.0. The molecule has 0 saturated carbocycles. The van der Waals surface area contributed by atoms with E-state index < -0.39 is 5.97 Å². The van der Waals surface area contributed by atoms with Crippen molar-refractivity contribution in [1.82, 2.24) is 9.88 Å². The van der Waals surface area contributed by atoms with Gasteiger partial charge in [0.05, 0.1) is 23.0 Å². The molecule has 176 valence electrons. The molecule has 1 fully saturated rings. The lowest BCUT2D eigenvalue weighted by Crippen LogP contribution is -2.60. The van der Waals surface area contributed by atoms with Crippen molar-refractivity contribution in [3.05, 3.63) is 103 Å². The number of carbonyl (C=O) groups excluding carboxylic acids is 1. The fourth-order valence-corrected chi connectivity index (χ4v) is 4.06. The molecule has 3 aromatic carbocycles. The first kappa shape index (κ1) is 22.1. The number of carbonyl (C=O) groups is 2. The maximum Gasteiger partial charge on any atom is 0.337 e. The van der Waals surface area contributed by atoms with Crippen LogP contribution in [-0.4, -0.2) is 40.8 Å². The Hall–Kier alpha value is -4.72. The second kappa shape index (κ2) is 9.64. The Labute approximate surface area is 202 Å². The molecule has 1 saturated heterocycles. The molecule has 8 heteroatoms. The summed E-state index contributed by atoms with van der Waals surface area (Å²) in [7, 11) is 0. The maximum absolute atomic E-state index is 12.5.